The Morgan fingerprint density at radius 3 is 2.55 bits per heavy atom. The number of pyridine rings is 1. The van der Waals surface area contributed by atoms with Crippen molar-refractivity contribution in [3.05, 3.63) is 60.0 Å². The summed E-state index contributed by atoms with van der Waals surface area (Å²) in [4.78, 5) is 15.2. The summed E-state index contributed by atoms with van der Waals surface area (Å²) >= 11 is 0. The third-order valence-electron chi connectivity index (χ3n) is 5.86. The maximum atomic E-state index is 13.2. The first-order valence-electron chi connectivity index (χ1n) is 10.3. The molecule has 2 aromatic heterocycles. The summed E-state index contributed by atoms with van der Waals surface area (Å²) in [5.41, 5.74) is 1.20. The molecule has 5 rings (SSSR count). The summed E-state index contributed by atoms with van der Waals surface area (Å²) in [6, 6.07) is 11.7. The molecule has 3 aromatic rings. The molecule has 2 aliphatic rings. The van der Waals surface area contributed by atoms with Gasteiger partial charge in [-0.15, -0.1) is 10.2 Å². The summed E-state index contributed by atoms with van der Waals surface area (Å²) in [7, 11) is -3.59. The van der Waals surface area contributed by atoms with Gasteiger partial charge in [0.25, 0.3) is 5.91 Å². The molecule has 2 fully saturated rings. The van der Waals surface area contributed by atoms with Crippen LogP contribution < -0.4 is 0 Å². The summed E-state index contributed by atoms with van der Waals surface area (Å²) in [5, 5.41) is 8.53. The van der Waals surface area contributed by atoms with E-state index in [0.717, 1.165) is 24.3 Å². The van der Waals surface area contributed by atoms with Crippen molar-refractivity contribution in [2.75, 3.05) is 32.8 Å². The molecular formula is C21H23N5O4S. The molecule has 0 bridgehead atoms. The number of carbonyl (C=O) groups excluding carboxylic acids is 1. The van der Waals surface area contributed by atoms with Crippen molar-refractivity contribution in [2.45, 2.75) is 23.8 Å². The first-order chi connectivity index (χ1) is 15.1. The average Bonchev–Trinajstić information content (AvgIpc) is 3.46. The molecule has 0 unspecified atom stereocenters. The Labute approximate surface area is 180 Å². The van der Waals surface area contributed by atoms with Crippen LogP contribution in [0.5, 0.6) is 0 Å². The van der Waals surface area contributed by atoms with Crippen LogP contribution in [0.3, 0.4) is 0 Å². The van der Waals surface area contributed by atoms with Gasteiger partial charge in [0.1, 0.15) is 0 Å². The Kier molecular flexibility index (Phi) is 5.20. The van der Waals surface area contributed by atoms with E-state index in [1.807, 2.05) is 28.8 Å². The molecule has 1 aromatic carbocycles. The lowest BCUT2D eigenvalue weighted by molar-refractivity contribution is 0.0728. The van der Waals surface area contributed by atoms with Crippen molar-refractivity contribution in [1.29, 1.82) is 0 Å². The zero-order chi connectivity index (χ0) is 21.4. The summed E-state index contributed by atoms with van der Waals surface area (Å²) in [6.07, 6.45) is 3.59. The number of likely N-dealkylation sites (tertiary alicyclic amines) is 1. The number of fused-ring (bicyclic) bond motifs is 1. The number of nitrogens with zero attached hydrogens (tertiary/aromatic N) is 5. The summed E-state index contributed by atoms with van der Waals surface area (Å²) in [5.74, 6) is 0.610. The average molecular weight is 442 g/mol. The fraction of sp³-hybridized carbons (Fsp3) is 0.381. The van der Waals surface area contributed by atoms with Crippen molar-refractivity contribution in [2.24, 2.45) is 0 Å². The van der Waals surface area contributed by atoms with Gasteiger partial charge in [-0.1, -0.05) is 6.07 Å². The van der Waals surface area contributed by atoms with E-state index < -0.39 is 10.0 Å². The predicted octanol–water partition coefficient (Wildman–Crippen LogP) is 1.73. The number of sulfonamides is 1. The van der Waals surface area contributed by atoms with Crippen molar-refractivity contribution in [1.82, 2.24) is 23.8 Å². The second-order valence-electron chi connectivity index (χ2n) is 7.68. The quantitative estimate of drug-likeness (QED) is 0.612. The largest absolute Gasteiger partial charge is 0.379 e. The lowest BCUT2D eigenvalue weighted by Crippen LogP contribution is -2.40. The third kappa shape index (κ3) is 3.60. The highest BCUT2D eigenvalue weighted by molar-refractivity contribution is 7.89. The molecular weight excluding hydrogens is 418 g/mol. The minimum absolute atomic E-state index is 0.134. The van der Waals surface area contributed by atoms with Gasteiger partial charge in [-0.2, -0.15) is 4.31 Å². The lowest BCUT2D eigenvalue weighted by atomic mass is 10.1. The maximum absolute atomic E-state index is 13.2. The monoisotopic (exact) mass is 441 g/mol. The molecule has 2 saturated heterocycles. The number of morpholine rings is 1. The number of benzene rings is 1. The smallest absolute Gasteiger partial charge is 0.254 e. The SMILES string of the molecule is O=C(c1ccc(S(=O)(=O)N2CCOCC2)cc1)N1CCC[C@H]1c1nnc2ccccn12. The zero-order valence-electron chi connectivity index (χ0n) is 16.9. The second-order valence-corrected chi connectivity index (χ2v) is 9.62. The Morgan fingerprint density at radius 2 is 1.77 bits per heavy atom. The van der Waals surface area contributed by atoms with Crippen LogP contribution in [0.1, 0.15) is 35.1 Å². The fourth-order valence-corrected chi connectivity index (χ4v) is 5.64. The molecule has 1 atom stereocenters. The highest BCUT2D eigenvalue weighted by Crippen LogP contribution is 2.32. The van der Waals surface area contributed by atoms with Crippen LogP contribution in [0.25, 0.3) is 5.65 Å². The van der Waals surface area contributed by atoms with Crippen LogP contribution >= 0.6 is 0 Å². The molecule has 31 heavy (non-hydrogen) atoms. The molecule has 2 aliphatic heterocycles. The van der Waals surface area contributed by atoms with E-state index >= 15 is 0 Å². The van der Waals surface area contributed by atoms with Crippen molar-refractivity contribution in [3.8, 4) is 0 Å². The van der Waals surface area contributed by atoms with E-state index in [4.69, 9.17) is 4.74 Å². The molecule has 0 spiro atoms. The van der Waals surface area contributed by atoms with Crippen LogP contribution in [-0.4, -0.2) is 71.0 Å². The first-order valence-corrected chi connectivity index (χ1v) is 11.8. The van der Waals surface area contributed by atoms with Gasteiger partial charge in [0.15, 0.2) is 11.5 Å². The van der Waals surface area contributed by atoms with Crippen LogP contribution in [0.4, 0.5) is 0 Å². The third-order valence-corrected chi connectivity index (χ3v) is 7.77. The van der Waals surface area contributed by atoms with Gasteiger partial charge in [0.2, 0.25) is 10.0 Å². The number of aromatic nitrogens is 3. The lowest BCUT2D eigenvalue weighted by Gasteiger charge is -2.26. The van der Waals surface area contributed by atoms with Crippen molar-refractivity contribution < 1.29 is 17.9 Å². The Balaban J connectivity index is 1.38. The molecule has 162 valence electrons. The van der Waals surface area contributed by atoms with Gasteiger partial charge in [-0.3, -0.25) is 9.20 Å². The molecule has 0 saturated carbocycles. The molecule has 1 amide bonds. The van der Waals surface area contributed by atoms with E-state index in [1.54, 1.807) is 17.0 Å². The van der Waals surface area contributed by atoms with E-state index in [-0.39, 0.29) is 16.8 Å². The molecule has 0 aliphatic carbocycles. The number of amides is 1. The summed E-state index contributed by atoms with van der Waals surface area (Å²) in [6.45, 7) is 2.08. The van der Waals surface area contributed by atoms with E-state index in [2.05, 4.69) is 10.2 Å². The van der Waals surface area contributed by atoms with Crippen molar-refractivity contribution in [3.63, 3.8) is 0 Å². The molecule has 9 nitrogen and oxygen atoms in total. The normalized spacial score (nSPS) is 20.4. The Bertz CT molecular complexity index is 1200. The number of ether oxygens (including phenoxy) is 1. The van der Waals surface area contributed by atoms with Crippen molar-refractivity contribution >= 4 is 21.6 Å². The minimum atomic E-state index is -3.59. The minimum Gasteiger partial charge on any atom is -0.379 e. The van der Waals surface area contributed by atoms with Crippen LogP contribution in [0.2, 0.25) is 0 Å². The molecule has 0 radical (unpaired) electrons. The fourth-order valence-electron chi connectivity index (χ4n) is 4.24. The number of hydrogen-bond donors (Lipinski definition) is 0. The standard InChI is InChI=1S/C21H23N5O4S/c27-21(16-6-8-17(9-7-16)31(28,29)24-12-14-30-15-13-24)25-11-3-4-18(25)20-23-22-19-5-1-2-10-26(19)20/h1-2,5-10,18H,3-4,11-15H2/t18-/m0/s1. The highest BCUT2D eigenvalue weighted by Gasteiger charge is 2.34. The van der Waals surface area contributed by atoms with Gasteiger partial charge in [0.05, 0.1) is 24.2 Å². The van der Waals surface area contributed by atoms with Gasteiger partial charge in [0, 0.05) is 31.4 Å². The number of carbonyl (C=O) groups is 1. The van der Waals surface area contributed by atoms with Gasteiger partial charge in [-0.05, 0) is 49.2 Å². The van der Waals surface area contributed by atoms with Crippen LogP contribution in [0, 0.1) is 0 Å². The van der Waals surface area contributed by atoms with Gasteiger partial charge >= 0.3 is 0 Å². The first kappa shape index (κ1) is 20.1. The molecule has 0 N–H and O–H groups in total. The number of hydrogen-bond acceptors (Lipinski definition) is 6. The van der Waals surface area contributed by atoms with Crippen LogP contribution in [-0.2, 0) is 14.8 Å². The van der Waals surface area contributed by atoms with E-state index in [1.165, 1.54) is 16.4 Å². The Morgan fingerprint density at radius 1 is 1.00 bits per heavy atom. The maximum Gasteiger partial charge on any atom is 0.254 e. The van der Waals surface area contributed by atoms with Gasteiger partial charge < -0.3 is 9.64 Å². The topological polar surface area (TPSA) is 97.1 Å². The molecule has 4 heterocycles. The highest BCUT2D eigenvalue weighted by atomic mass is 32.2. The predicted molar refractivity (Wildman–Crippen MR) is 112 cm³/mol. The van der Waals surface area contributed by atoms with Gasteiger partial charge in [-0.25, -0.2) is 8.42 Å². The van der Waals surface area contributed by atoms with Crippen LogP contribution in [0.15, 0.2) is 53.6 Å². The molecule has 10 heteroatoms. The van der Waals surface area contributed by atoms with E-state index in [9.17, 15) is 13.2 Å². The van der Waals surface area contributed by atoms with E-state index in [0.29, 0.717) is 38.4 Å². The Hall–Kier alpha value is -2.82. The zero-order valence-corrected chi connectivity index (χ0v) is 17.7. The number of rotatable bonds is 4. The second kappa shape index (κ2) is 8.03. The summed E-state index contributed by atoms with van der Waals surface area (Å²) < 4.78 is 34.2.